The Hall–Kier alpha value is -1.98. The average molecular weight is 347 g/mol. The van der Waals surface area contributed by atoms with Crippen molar-refractivity contribution in [3.63, 3.8) is 0 Å². The minimum absolute atomic E-state index is 0.197. The lowest BCUT2D eigenvalue weighted by molar-refractivity contribution is 0.209. The van der Waals surface area contributed by atoms with Crippen molar-refractivity contribution in [2.45, 2.75) is 6.10 Å². The first-order chi connectivity index (χ1) is 10.1. The van der Waals surface area contributed by atoms with Crippen molar-refractivity contribution in [1.82, 2.24) is 9.78 Å². The molecule has 2 aromatic carbocycles. The van der Waals surface area contributed by atoms with E-state index in [-0.39, 0.29) is 5.56 Å². The third-order valence-corrected chi connectivity index (χ3v) is 3.66. The molecule has 3 aromatic rings. The Bertz CT molecular complexity index is 758. The molecule has 3 rings (SSSR count). The van der Waals surface area contributed by atoms with Crippen LogP contribution in [0.1, 0.15) is 17.4 Å². The summed E-state index contributed by atoms with van der Waals surface area (Å²) >= 11 is 3.28. The van der Waals surface area contributed by atoms with Gasteiger partial charge in [-0.05, 0) is 36.4 Å². The van der Waals surface area contributed by atoms with E-state index in [2.05, 4.69) is 21.0 Å². The smallest absolute Gasteiger partial charge is 0.129 e. The standard InChI is InChI=1S/C16H12BrFN2O/c17-11-6-7-14(18)13(10-11)16(21)15-8-9-20(19-15)12-4-2-1-3-5-12/h1-10,16,21H. The predicted octanol–water partition coefficient (Wildman–Crippen LogP) is 3.86. The summed E-state index contributed by atoms with van der Waals surface area (Å²) in [5.41, 5.74) is 1.48. The molecule has 0 saturated heterocycles. The second kappa shape index (κ2) is 5.79. The van der Waals surface area contributed by atoms with Gasteiger partial charge < -0.3 is 5.11 Å². The largest absolute Gasteiger partial charge is 0.382 e. The predicted molar refractivity (Wildman–Crippen MR) is 81.7 cm³/mol. The lowest BCUT2D eigenvalue weighted by Crippen LogP contribution is -2.05. The Morgan fingerprint density at radius 1 is 1.10 bits per heavy atom. The number of hydrogen-bond acceptors (Lipinski definition) is 2. The third-order valence-electron chi connectivity index (χ3n) is 3.16. The number of nitrogens with zero attached hydrogens (tertiary/aromatic N) is 2. The molecule has 0 fully saturated rings. The molecule has 5 heteroatoms. The molecule has 1 N–H and O–H groups in total. The summed E-state index contributed by atoms with van der Waals surface area (Å²) in [6.07, 6.45) is 0.636. The summed E-state index contributed by atoms with van der Waals surface area (Å²) < 4.78 is 16.2. The number of halogens is 2. The summed E-state index contributed by atoms with van der Waals surface area (Å²) in [5.74, 6) is -0.458. The SMILES string of the molecule is OC(c1ccn(-c2ccccc2)n1)c1cc(Br)ccc1F. The summed E-state index contributed by atoms with van der Waals surface area (Å²) in [6.45, 7) is 0. The Morgan fingerprint density at radius 2 is 1.86 bits per heavy atom. The summed E-state index contributed by atoms with van der Waals surface area (Å²) in [7, 11) is 0. The first-order valence-electron chi connectivity index (χ1n) is 6.39. The number of aliphatic hydroxyl groups is 1. The molecule has 0 aliphatic rings. The van der Waals surface area contributed by atoms with Crippen LogP contribution in [0.5, 0.6) is 0 Å². The molecule has 0 amide bonds. The van der Waals surface area contributed by atoms with E-state index in [0.29, 0.717) is 10.2 Å². The molecule has 0 aliphatic heterocycles. The highest BCUT2D eigenvalue weighted by Crippen LogP contribution is 2.26. The normalized spacial score (nSPS) is 12.3. The summed E-state index contributed by atoms with van der Waals surface area (Å²) in [5, 5.41) is 14.6. The zero-order chi connectivity index (χ0) is 14.8. The van der Waals surface area contributed by atoms with Crippen molar-refractivity contribution in [1.29, 1.82) is 0 Å². The molecule has 0 spiro atoms. The van der Waals surface area contributed by atoms with Gasteiger partial charge in [0, 0.05) is 16.2 Å². The maximum absolute atomic E-state index is 13.8. The molecule has 1 aromatic heterocycles. The number of hydrogen-bond donors (Lipinski definition) is 1. The van der Waals surface area contributed by atoms with E-state index in [1.165, 1.54) is 6.07 Å². The monoisotopic (exact) mass is 346 g/mol. The van der Waals surface area contributed by atoms with E-state index >= 15 is 0 Å². The molecular weight excluding hydrogens is 335 g/mol. The zero-order valence-corrected chi connectivity index (χ0v) is 12.5. The van der Waals surface area contributed by atoms with Gasteiger partial charge in [-0.3, -0.25) is 0 Å². The third kappa shape index (κ3) is 2.89. The topological polar surface area (TPSA) is 38.0 Å². The van der Waals surface area contributed by atoms with Crippen molar-refractivity contribution in [3.05, 3.63) is 82.3 Å². The minimum Gasteiger partial charge on any atom is -0.382 e. The van der Waals surface area contributed by atoms with Crippen LogP contribution in [0, 0.1) is 5.82 Å². The molecular formula is C16H12BrFN2O. The molecule has 1 heterocycles. The molecule has 21 heavy (non-hydrogen) atoms. The quantitative estimate of drug-likeness (QED) is 0.781. The molecule has 0 radical (unpaired) electrons. The van der Waals surface area contributed by atoms with Crippen molar-refractivity contribution in [2.75, 3.05) is 0 Å². The van der Waals surface area contributed by atoms with Gasteiger partial charge >= 0.3 is 0 Å². The Balaban J connectivity index is 1.94. The van der Waals surface area contributed by atoms with Crippen molar-refractivity contribution >= 4 is 15.9 Å². The van der Waals surface area contributed by atoms with E-state index in [9.17, 15) is 9.50 Å². The Labute approximate surface area is 129 Å². The van der Waals surface area contributed by atoms with Gasteiger partial charge in [0.25, 0.3) is 0 Å². The van der Waals surface area contributed by atoms with E-state index in [1.54, 1.807) is 29.1 Å². The first-order valence-corrected chi connectivity index (χ1v) is 7.18. The Kier molecular flexibility index (Phi) is 3.86. The van der Waals surface area contributed by atoms with Gasteiger partial charge in [-0.1, -0.05) is 34.1 Å². The minimum atomic E-state index is -1.10. The van der Waals surface area contributed by atoms with E-state index < -0.39 is 11.9 Å². The van der Waals surface area contributed by atoms with Crippen LogP contribution < -0.4 is 0 Å². The highest BCUT2D eigenvalue weighted by Gasteiger charge is 2.18. The van der Waals surface area contributed by atoms with Crippen molar-refractivity contribution < 1.29 is 9.50 Å². The highest BCUT2D eigenvalue weighted by atomic mass is 79.9. The molecule has 0 aliphatic carbocycles. The molecule has 3 nitrogen and oxygen atoms in total. The second-order valence-corrected chi connectivity index (χ2v) is 5.50. The lowest BCUT2D eigenvalue weighted by Gasteiger charge is -2.10. The van der Waals surface area contributed by atoms with Gasteiger partial charge in [-0.25, -0.2) is 9.07 Å². The van der Waals surface area contributed by atoms with Gasteiger partial charge in [-0.15, -0.1) is 0 Å². The van der Waals surface area contributed by atoms with E-state index in [0.717, 1.165) is 5.69 Å². The molecule has 106 valence electrons. The van der Waals surface area contributed by atoms with Crippen LogP contribution in [0.25, 0.3) is 5.69 Å². The van der Waals surface area contributed by atoms with Gasteiger partial charge in [0.15, 0.2) is 0 Å². The van der Waals surface area contributed by atoms with Crippen LogP contribution in [-0.2, 0) is 0 Å². The van der Waals surface area contributed by atoms with Gasteiger partial charge in [0.1, 0.15) is 11.9 Å². The fourth-order valence-electron chi connectivity index (χ4n) is 2.09. The molecule has 0 saturated carbocycles. The van der Waals surface area contributed by atoms with Crippen molar-refractivity contribution in [3.8, 4) is 5.69 Å². The molecule has 0 bridgehead atoms. The van der Waals surface area contributed by atoms with Crippen LogP contribution in [0.15, 0.2) is 65.3 Å². The van der Waals surface area contributed by atoms with E-state index in [1.807, 2.05) is 30.3 Å². The number of para-hydroxylation sites is 1. The highest BCUT2D eigenvalue weighted by molar-refractivity contribution is 9.10. The summed E-state index contributed by atoms with van der Waals surface area (Å²) in [6, 6.07) is 15.7. The first kappa shape index (κ1) is 14.0. The second-order valence-electron chi connectivity index (χ2n) is 4.59. The van der Waals surface area contributed by atoms with Crippen LogP contribution >= 0.6 is 15.9 Å². The van der Waals surface area contributed by atoms with Crippen LogP contribution in [0.4, 0.5) is 4.39 Å². The van der Waals surface area contributed by atoms with Gasteiger partial charge in [0.2, 0.25) is 0 Å². The maximum Gasteiger partial charge on any atom is 0.129 e. The number of aromatic nitrogens is 2. The molecule has 1 atom stereocenters. The molecule has 1 unspecified atom stereocenters. The van der Waals surface area contributed by atoms with Crippen molar-refractivity contribution in [2.24, 2.45) is 0 Å². The van der Waals surface area contributed by atoms with Gasteiger partial charge in [0.05, 0.1) is 11.4 Å². The van der Waals surface area contributed by atoms with Gasteiger partial charge in [-0.2, -0.15) is 5.10 Å². The fraction of sp³-hybridized carbons (Fsp3) is 0.0625. The maximum atomic E-state index is 13.8. The summed E-state index contributed by atoms with van der Waals surface area (Å²) in [4.78, 5) is 0. The van der Waals surface area contributed by atoms with Crippen LogP contribution in [0.2, 0.25) is 0 Å². The van der Waals surface area contributed by atoms with E-state index in [4.69, 9.17) is 0 Å². The van der Waals surface area contributed by atoms with Crippen LogP contribution in [0.3, 0.4) is 0 Å². The fourth-order valence-corrected chi connectivity index (χ4v) is 2.47. The lowest BCUT2D eigenvalue weighted by atomic mass is 10.1. The zero-order valence-electron chi connectivity index (χ0n) is 10.9. The number of benzene rings is 2. The Morgan fingerprint density at radius 3 is 2.62 bits per heavy atom. The number of aliphatic hydroxyl groups excluding tert-OH is 1. The average Bonchev–Trinajstić information content (AvgIpc) is 3.00. The number of rotatable bonds is 3. The van der Waals surface area contributed by atoms with Crippen LogP contribution in [-0.4, -0.2) is 14.9 Å².